The molecule has 3 aliphatic heterocycles. The minimum atomic E-state index is 0.643. The molecule has 80 valence electrons. The van der Waals surface area contributed by atoms with Gasteiger partial charge in [0.25, 0.3) is 0 Å². The van der Waals surface area contributed by atoms with Crippen molar-refractivity contribution in [2.45, 2.75) is 18.9 Å². The van der Waals surface area contributed by atoms with Crippen LogP contribution in [0.2, 0.25) is 0 Å². The molecule has 0 aromatic rings. The van der Waals surface area contributed by atoms with E-state index in [1.165, 1.54) is 39.0 Å². The summed E-state index contributed by atoms with van der Waals surface area (Å²) in [5.41, 5.74) is 0.643. The Kier molecular flexibility index (Phi) is 2.08. The molecule has 14 heavy (non-hydrogen) atoms. The van der Waals surface area contributed by atoms with E-state index in [1.807, 2.05) is 0 Å². The predicted octanol–water partition coefficient (Wildman–Crippen LogP) is 0.413. The number of likely N-dealkylation sites (tertiary alicyclic amines) is 2. The van der Waals surface area contributed by atoms with Gasteiger partial charge >= 0.3 is 0 Å². The number of hydrogen-bond donors (Lipinski definition) is 0. The highest BCUT2D eigenvalue weighted by Gasteiger charge is 2.44. The van der Waals surface area contributed by atoms with E-state index in [0.717, 1.165) is 19.3 Å². The van der Waals surface area contributed by atoms with Crippen LogP contribution in [0.3, 0.4) is 0 Å². The zero-order valence-corrected chi connectivity index (χ0v) is 9.04. The van der Waals surface area contributed by atoms with Crippen molar-refractivity contribution in [3.63, 3.8) is 0 Å². The summed E-state index contributed by atoms with van der Waals surface area (Å²) in [6.07, 6.45) is 2.82. The molecule has 0 aliphatic carbocycles. The zero-order valence-electron chi connectivity index (χ0n) is 9.04. The first-order valence-corrected chi connectivity index (χ1v) is 5.78. The van der Waals surface area contributed by atoms with Crippen LogP contribution in [0.5, 0.6) is 0 Å². The molecule has 3 nitrogen and oxygen atoms in total. The number of nitrogens with zero attached hydrogens (tertiary/aromatic N) is 2. The standard InChI is InChI=1S/C11H20N2O/c1-12-4-2-11(8-12)3-5-13(9-11)10-6-14-7-10/h10H,2-9H2,1H3. The van der Waals surface area contributed by atoms with E-state index in [1.54, 1.807) is 0 Å². The smallest absolute Gasteiger partial charge is 0.0645 e. The fraction of sp³-hybridized carbons (Fsp3) is 1.00. The molecular weight excluding hydrogens is 176 g/mol. The molecular formula is C11H20N2O. The van der Waals surface area contributed by atoms with E-state index in [0.29, 0.717) is 5.41 Å². The van der Waals surface area contributed by atoms with Crippen molar-refractivity contribution >= 4 is 0 Å². The lowest BCUT2D eigenvalue weighted by Crippen LogP contribution is -2.48. The topological polar surface area (TPSA) is 15.7 Å². The predicted molar refractivity (Wildman–Crippen MR) is 55.3 cm³/mol. The molecule has 3 saturated heterocycles. The van der Waals surface area contributed by atoms with Gasteiger partial charge in [0, 0.05) is 13.1 Å². The second-order valence-electron chi connectivity index (χ2n) is 5.40. The molecule has 3 aliphatic rings. The maximum atomic E-state index is 5.27. The Morgan fingerprint density at radius 3 is 2.50 bits per heavy atom. The molecule has 1 unspecified atom stereocenters. The highest BCUT2D eigenvalue weighted by atomic mass is 16.5. The Hall–Kier alpha value is -0.120. The number of rotatable bonds is 1. The Morgan fingerprint density at radius 2 is 1.93 bits per heavy atom. The van der Waals surface area contributed by atoms with Crippen LogP contribution in [0, 0.1) is 5.41 Å². The van der Waals surface area contributed by atoms with E-state index in [9.17, 15) is 0 Å². The molecule has 3 fully saturated rings. The SMILES string of the molecule is CN1CCC2(CCN(C3COC3)C2)C1. The average molecular weight is 196 g/mol. The highest BCUT2D eigenvalue weighted by molar-refractivity contribution is 4.98. The zero-order chi connectivity index (χ0) is 9.60. The van der Waals surface area contributed by atoms with Gasteiger partial charge in [-0.3, -0.25) is 4.90 Å². The molecule has 0 aromatic heterocycles. The summed E-state index contributed by atoms with van der Waals surface area (Å²) in [6.45, 7) is 7.21. The quantitative estimate of drug-likeness (QED) is 0.604. The average Bonchev–Trinajstić information content (AvgIpc) is 2.58. The van der Waals surface area contributed by atoms with Crippen LogP contribution in [0.15, 0.2) is 0 Å². The second kappa shape index (κ2) is 3.19. The maximum absolute atomic E-state index is 5.27. The molecule has 3 heteroatoms. The molecule has 0 aromatic carbocycles. The Balaban J connectivity index is 1.63. The lowest BCUT2D eigenvalue weighted by Gasteiger charge is -2.35. The van der Waals surface area contributed by atoms with Crippen molar-refractivity contribution in [3.05, 3.63) is 0 Å². The molecule has 0 N–H and O–H groups in total. The van der Waals surface area contributed by atoms with Gasteiger partial charge in [-0.2, -0.15) is 0 Å². The summed E-state index contributed by atoms with van der Waals surface area (Å²) < 4.78 is 5.27. The van der Waals surface area contributed by atoms with Crippen molar-refractivity contribution in [2.24, 2.45) is 5.41 Å². The summed E-state index contributed by atoms with van der Waals surface area (Å²) in [4.78, 5) is 5.14. The fourth-order valence-corrected chi connectivity index (χ4v) is 3.21. The van der Waals surface area contributed by atoms with Crippen LogP contribution in [0.4, 0.5) is 0 Å². The number of hydrogen-bond acceptors (Lipinski definition) is 3. The molecule has 0 radical (unpaired) electrons. The minimum absolute atomic E-state index is 0.643. The summed E-state index contributed by atoms with van der Waals surface area (Å²) in [5, 5.41) is 0. The van der Waals surface area contributed by atoms with Gasteiger partial charge in [-0.25, -0.2) is 0 Å². The first kappa shape index (κ1) is 9.13. The van der Waals surface area contributed by atoms with E-state index in [2.05, 4.69) is 16.8 Å². The first-order valence-electron chi connectivity index (χ1n) is 5.78. The lowest BCUT2D eigenvalue weighted by atomic mass is 9.86. The van der Waals surface area contributed by atoms with Gasteiger partial charge in [0.15, 0.2) is 0 Å². The van der Waals surface area contributed by atoms with E-state index >= 15 is 0 Å². The van der Waals surface area contributed by atoms with Gasteiger partial charge < -0.3 is 9.64 Å². The van der Waals surface area contributed by atoms with Crippen LogP contribution in [0.25, 0.3) is 0 Å². The van der Waals surface area contributed by atoms with Crippen LogP contribution in [-0.4, -0.2) is 62.3 Å². The van der Waals surface area contributed by atoms with Gasteiger partial charge in [-0.05, 0) is 38.4 Å². The molecule has 0 amide bonds. The lowest BCUT2D eigenvalue weighted by molar-refractivity contribution is -0.0599. The fourth-order valence-electron chi connectivity index (χ4n) is 3.21. The number of ether oxygens (including phenoxy) is 1. The summed E-state index contributed by atoms with van der Waals surface area (Å²) in [7, 11) is 2.25. The van der Waals surface area contributed by atoms with E-state index < -0.39 is 0 Å². The summed E-state index contributed by atoms with van der Waals surface area (Å²) >= 11 is 0. The normalized spacial score (nSPS) is 40.9. The Bertz CT molecular complexity index is 229. The van der Waals surface area contributed by atoms with E-state index in [-0.39, 0.29) is 0 Å². The van der Waals surface area contributed by atoms with Crippen LogP contribution in [0.1, 0.15) is 12.8 Å². The third kappa shape index (κ3) is 1.38. The van der Waals surface area contributed by atoms with Crippen LogP contribution >= 0.6 is 0 Å². The summed E-state index contributed by atoms with van der Waals surface area (Å²) in [6, 6.07) is 0.750. The largest absolute Gasteiger partial charge is 0.378 e. The van der Waals surface area contributed by atoms with Crippen molar-refractivity contribution in [3.8, 4) is 0 Å². The van der Waals surface area contributed by atoms with Crippen molar-refractivity contribution in [2.75, 3.05) is 46.4 Å². The van der Waals surface area contributed by atoms with Gasteiger partial charge in [-0.15, -0.1) is 0 Å². The van der Waals surface area contributed by atoms with Gasteiger partial charge in [0.1, 0.15) is 0 Å². The second-order valence-corrected chi connectivity index (χ2v) is 5.40. The van der Waals surface area contributed by atoms with Gasteiger partial charge in [0.05, 0.1) is 19.3 Å². The van der Waals surface area contributed by atoms with Crippen LogP contribution in [-0.2, 0) is 4.74 Å². The Morgan fingerprint density at radius 1 is 1.14 bits per heavy atom. The monoisotopic (exact) mass is 196 g/mol. The first-order chi connectivity index (χ1) is 6.77. The Labute approximate surface area is 86.0 Å². The van der Waals surface area contributed by atoms with Crippen LogP contribution < -0.4 is 0 Å². The molecule has 1 atom stereocenters. The van der Waals surface area contributed by atoms with Crippen molar-refractivity contribution in [1.82, 2.24) is 9.80 Å². The molecule has 0 saturated carbocycles. The van der Waals surface area contributed by atoms with Gasteiger partial charge in [-0.1, -0.05) is 0 Å². The summed E-state index contributed by atoms with van der Waals surface area (Å²) in [5.74, 6) is 0. The third-order valence-corrected chi connectivity index (χ3v) is 4.23. The molecule has 0 bridgehead atoms. The minimum Gasteiger partial charge on any atom is -0.378 e. The van der Waals surface area contributed by atoms with Crippen molar-refractivity contribution in [1.29, 1.82) is 0 Å². The molecule has 3 heterocycles. The molecule has 1 spiro atoms. The maximum Gasteiger partial charge on any atom is 0.0645 e. The molecule has 3 rings (SSSR count). The highest BCUT2D eigenvalue weighted by Crippen LogP contribution is 2.40. The third-order valence-electron chi connectivity index (χ3n) is 4.23. The van der Waals surface area contributed by atoms with E-state index in [4.69, 9.17) is 4.74 Å². The van der Waals surface area contributed by atoms with Gasteiger partial charge in [0.2, 0.25) is 0 Å². The van der Waals surface area contributed by atoms with Crippen molar-refractivity contribution < 1.29 is 4.74 Å².